The number of thiazole rings is 1. The van der Waals surface area contributed by atoms with E-state index in [9.17, 15) is 19.7 Å². The molecule has 0 spiro atoms. The largest absolute Gasteiger partial charge is 0.348 e. The number of carbonyl (C=O) groups is 2. The fourth-order valence-electron chi connectivity index (χ4n) is 2.74. The molecule has 9 nitrogen and oxygen atoms in total. The first-order valence-electron chi connectivity index (χ1n) is 9.44. The van der Waals surface area contributed by atoms with Gasteiger partial charge in [-0.05, 0) is 49.8 Å². The number of hydrogen-bond acceptors (Lipinski definition) is 7. The molecule has 1 heterocycles. The third-order valence-electron chi connectivity index (χ3n) is 4.21. The first kappa shape index (κ1) is 22.4. The highest BCUT2D eigenvalue weighted by atomic mass is 32.1. The lowest BCUT2D eigenvalue weighted by Crippen LogP contribution is -2.18. The van der Waals surface area contributed by atoms with Gasteiger partial charge in [-0.2, -0.15) is 0 Å². The lowest BCUT2D eigenvalue weighted by atomic mass is 10.1. The molecule has 0 unspecified atom stereocenters. The summed E-state index contributed by atoms with van der Waals surface area (Å²) in [4.78, 5) is 39.2. The molecule has 0 aliphatic heterocycles. The van der Waals surface area contributed by atoms with Gasteiger partial charge in [-0.1, -0.05) is 31.4 Å². The van der Waals surface area contributed by atoms with Crippen LogP contribution in [0.2, 0.25) is 0 Å². The van der Waals surface area contributed by atoms with Crippen LogP contribution in [0.1, 0.15) is 54.6 Å². The summed E-state index contributed by atoms with van der Waals surface area (Å²) in [7, 11) is 0. The van der Waals surface area contributed by atoms with E-state index >= 15 is 0 Å². The molecule has 2 amide bonds. The van der Waals surface area contributed by atoms with Crippen LogP contribution >= 0.6 is 11.3 Å². The Labute approximate surface area is 172 Å². The number of nitro groups is 1. The molecule has 1 aromatic heterocycles. The van der Waals surface area contributed by atoms with Crippen molar-refractivity contribution in [2.45, 2.75) is 45.4 Å². The molecule has 0 bridgehead atoms. The molecule has 2 aromatic rings. The van der Waals surface area contributed by atoms with Gasteiger partial charge in [0.25, 0.3) is 5.91 Å². The fraction of sp³-hybridized carbons (Fsp3) is 0.421. The second kappa shape index (κ2) is 11.2. The summed E-state index contributed by atoms with van der Waals surface area (Å²) in [6, 6.07) is 6.62. The number of nitrogens with two attached hydrogens (primary N) is 1. The lowest BCUT2D eigenvalue weighted by molar-refractivity contribution is -0.380. The van der Waals surface area contributed by atoms with Crippen molar-refractivity contribution in [1.82, 2.24) is 4.98 Å². The molecule has 0 fully saturated rings. The van der Waals surface area contributed by atoms with Crippen LogP contribution in [0.4, 0.5) is 15.8 Å². The van der Waals surface area contributed by atoms with Crippen molar-refractivity contribution >= 4 is 39.0 Å². The van der Waals surface area contributed by atoms with Crippen LogP contribution in [-0.2, 0) is 4.79 Å². The van der Waals surface area contributed by atoms with E-state index in [0.717, 1.165) is 43.4 Å². The average Bonchev–Trinajstić information content (AvgIpc) is 3.05. The van der Waals surface area contributed by atoms with Gasteiger partial charge < -0.3 is 11.1 Å². The average molecular weight is 420 g/mol. The Kier molecular flexibility index (Phi) is 8.68. The highest BCUT2D eigenvalue weighted by molar-refractivity contribution is 7.19. The number of unbranched alkanes of at least 4 members (excludes halogenated alkanes) is 4. The number of nitrogens with one attached hydrogen (secondary N) is 2. The summed E-state index contributed by atoms with van der Waals surface area (Å²) < 4.78 is 0. The number of amides is 2. The number of hydrogen-bond donors (Lipinski definition) is 3. The van der Waals surface area contributed by atoms with Crippen molar-refractivity contribution in [2.24, 2.45) is 5.73 Å². The topological polar surface area (TPSA) is 140 Å². The van der Waals surface area contributed by atoms with Crippen LogP contribution in [0.15, 0.2) is 24.3 Å². The number of para-hydroxylation sites is 1. The quantitative estimate of drug-likeness (QED) is 0.287. The van der Waals surface area contributed by atoms with Gasteiger partial charge in [-0.15, -0.1) is 0 Å². The van der Waals surface area contributed by atoms with Crippen LogP contribution in [0.25, 0.3) is 0 Å². The fourth-order valence-corrected chi connectivity index (χ4v) is 3.52. The Hall–Kier alpha value is -2.85. The lowest BCUT2D eigenvalue weighted by Gasteiger charge is -2.10. The first-order chi connectivity index (χ1) is 13.9. The number of nitrogens with zero attached hydrogens (tertiary/aromatic N) is 2. The molecule has 0 saturated heterocycles. The normalized spacial score (nSPS) is 10.6. The second-order valence-electron chi connectivity index (χ2n) is 6.52. The maximum Gasteiger partial charge on any atom is 0.348 e. The standard InChI is InChI=1S/C19H25N5O4S/c1-13-18(24(27)28)29-19(21-13)23-17(26)14-9-6-7-10-15(14)22-16(25)11-5-3-2-4-8-12-20/h6-7,9-10H,2-5,8,11-12,20H2,1H3,(H,22,25)(H,21,23,26). The molecular weight excluding hydrogens is 394 g/mol. The van der Waals surface area contributed by atoms with E-state index < -0.39 is 10.8 Å². The van der Waals surface area contributed by atoms with Crippen LogP contribution < -0.4 is 16.4 Å². The number of benzene rings is 1. The smallest absolute Gasteiger partial charge is 0.330 e. The summed E-state index contributed by atoms with van der Waals surface area (Å²) in [5, 5.41) is 16.3. The Balaban J connectivity index is 1.95. The van der Waals surface area contributed by atoms with Crippen molar-refractivity contribution in [3.63, 3.8) is 0 Å². The summed E-state index contributed by atoms with van der Waals surface area (Å²) in [5.74, 6) is -0.656. The second-order valence-corrected chi connectivity index (χ2v) is 7.50. The van der Waals surface area contributed by atoms with E-state index in [1.54, 1.807) is 24.3 Å². The van der Waals surface area contributed by atoms with E-state index in [0.29, 0.717) is 18.7 Å². The van der Waals surface area contributed by atoms with Crippen LogP contribution in [0, 0.1) is 17.0 Å². The maximum atomic E-state index is 12.6. The van der Waals surface area contributed by atoms with Gasteiger partial charge in [-0.3, -0.25) is 25.0 Å². The zero-order chi connectivity index (χ0) is 21.2. The minimum absolute atomic E-state index is 0.117. The maximum absolute atomic E-state index is 12.6. The molecule has 0 aliphatic carbocycles. The Morgan fingerprint density at radius 1 is 1.14 bits per heavy atom. The third-order valence-corrected chi connectivity index (χ3v) is 5.24. The Morgan fingerprint density at radius 2 is 1.83 bits per heavy atom. The molecule has 4 N–H and O–H groups in total. The number of carbonyl (C=O) groups excluding carboxylic acids is 2. The van der Waals surface area contributed by atoms with Crippen LogP contribution in [0.3, 0.4) is 0 Å². The number of anilines is 2. The minimum atomic E-state index is -0.535. The SMILES string of the molecule is Cc1nc(NC(=O)c2ccccc2NC(=O)CCCCCCCN)sc1[N+](=O)[O-]. The van der Waals surface area contributed by atoms with Crippen molar-refractivity contribution < 1.29 is 14.5 Å². The number of aryl methyl sites for hydroxylation is 1. The van der Waals surface area contributed by atoms with Gasteiger partial charge in [0, 0.05) is 6.42 Å². The van der Waals surface area contributed by atoms with Crippen molar-refractivity contribution in [1.29, 1.82) is 0 Å². The van der Waals surface area contributed by atoms with E-state index in [-0.39, 0.29) is 27.3 Å². The first-order valence-corrected chi connectivity index (χ1v) is 10.3. The van der Waals surface area contributed by atoms with Gasteiger partial charge in [0.05, 0.1) is 16.2 Å². The predicted octanol–water partition coefficient (Wildman–Crippen LogP) is 3.85. The molecule has 1 aromatic carbocycles. The molecule has 0 saturated carbocycles. The van der Waals surface area contributed by atoms with E-state index in [2.05, 4.69) is 15.6 Å². The van der Waals surface area contributed by atoms with Crippen LogP contribution in [0.5, 0.6) is 0 Å². The summed E-state index contributed by atoms with van der Waals surface area (Å²) in [6.45, 7) is 2.20. The molecule has 2 rings (SSSR count). The van der Waals surface area contributed by atoms with E-state index in [1.807, 2.05) is 0 Å². The number of rotatable bonds is 11. The molecule has 0 radical (unpaired) electrons. The molecule has 0 atom stereocenters. The van der Waals surface area contributed by atoms with E-state index in [1.165, 1.54) is 6.92 Å². The van der Waals surface area contributed by atoms with Gasteiger partial charge in [-0.25, -0.2) is 4.98 Å². The summed E-state index contributed by atoms with van der Waals surface area (Å²) >= 11 is 0.792. The monoisotopic (exact) mass is 419 g/mol. The molecular formula is C19H25N5O4S. The molecule has 0 aliphatic rings. The predicted molar refractivity (Wildman–Crippen MR) is 113 cm³/mol. The van der Waals surface area contributed by atoms with Crippen molar-refractivity contribution in [3.8, 4) is 0 Å². The molecule has 10 heteroatoms. The van der Waals surface area contributed by atoms with Gasteiger partial charge in [0.1, 0.15) is 5.69 Å². The highest BCUT2D eigenvalue weighted by Crippen LogP contribution is 2.30. The van der Waals surface area contributed by atoms with Crippen molar-refractivity contribution in [2.75, 3.05) is 17.2 Å². The Bertz CT molecular complexity index is 868. The van der Waals surface area contributed by atoms with Gasteiger partial charge in [0.2, 0.25) is 5.91 Å². The minimum Gasteiger partial charge on any atom is -0.330 e. The number of aromatic nitrogens is 1. The summed E-state index contributed by atoms with van der Waals surface area (Å²) in [5.41, 5.74) is 6.35. The Morgan fingerprint density at radius 3 is 2.52 bits per heavy atom. The van der Waals surface area contributed by atoms with Gasteiger partial charge >= 0.3 is 5.00 Å². The third kappa shape index (κ3) is 6.91. The van der Waals surface area contributed by atoms with E-state index in [4.69, 9.17) is 5.73 Å². The van der Waals surface area contributed by atoms with Crippen LogP contribution in [-0.4, -0.2) is 28.3 Å². The van der Waals surface area contributed by atoms with Gasteiger partial charge in [0.15, 0.2) is 5.13 Å². The zero-order valence-electron chi connectivity index (χ0n) is 16.3. The van der Waals surface area contributed by atoms with Crippen molar-refractivity contribution in [3.05, 3.63) is 45.6 Å². The zero-order valence-corrected chi connectivity index (χ0v) is 17.1. The molecule has 156 valence electrons. The highest BCUT2D eigenvalue weighted by Gasteiger charge is 2.20. The summed E-state index contributed by atoms with van der Waals surface area (Å²) in [6.07, 6.45) is 5.20. The molecule has 29 heavy (non-hydrogen) atoms.